The van der Waals surface area contributed by atoms with Gasteiger partial charge in [-0.15, -0.1) is 11.3 Å². The highest BCUT2D eigenvalue weighted by Crippen LogP contribution is 2.29. The zero-order valence-corrected chi connectivity index (χ0v) is 17.0. The smallest absolute Gasteiger partial charge is 0.246 e. The van der Waals surface area contributed by atoms with Gasteiger partial charge in [-0.1, -0.05) is 17.7 Å². The highest BCUT2D eigenvalue weighted by molar-refractivity contribution is 7.90. The summed E-state index contributed by atoms with van der Waals surface area (Å²) in [5.41, 5.74) is 3.84. The molecule has 0 atom stereocenters. The first-order chi connectivity index (χ1) is 12.9. The van der Waals surface area contributed by atoms with E-state index in [0.717, 1.165) is 51.1 Å². The molecule has 0 saturated carbocycles. The first-order valence-electron chi connectivity index (χ1n) is 8.36. The Labute approximate surface area is 166 Å². The van der Waals surface area contributed by atoms with Crippen LogP contribution in [0.3, 0.4) is 0 Å². The molecule has 0 aromatic carbocycles. The number of pyridine rings is 1. The molecule has 1 aliphatic rings. The third-order valence-electron chi connectivity index (χ3n) is 4.38. The van der Waals surface area contributed by atoms with E-state index < -0.39 is 9.84 Å². The fraction of sp³-hybridized carbons (Fsp3) is 0.278. The molecule has 140 valence electrons. The van der Waals surface area contributed by atoms with Gasteiger partial charge in [-0.2, -0.15) is 0 Å². The van der Waals surface area contributed by atoms with Crippen molar-refractivity contribution in [1.29, 1.82) is 0 Å². The van der Waals surface area contributed by atoms with Crippen LogP contribution in [0.5, 0.6) is 0 Å². The Kier molecular flexibility index (Phi) is 4.98. The van der Waals surface area contributed by atoms with Crippen LogP contribution in [-0.4, -0.2) is 41.1 Å². The molecule has 27 heavy (non-hydrogen) atoms. The van der Waals surface area contributed by atoms with Crippen LogP contribution >= 0.6 is 22.9 Å². The molecule has 0 saturated heterocycles. The van der Waals surface area contributed by atoms with Gasteiger partial charge in [0.05, 0.1) is 20.6 Å². The number of hydrogen-bond donors (Lipinski definition) is 0. The van der Waals surface area contributed by atoms with Crippen LogP contribution in [0, 0.1) is 0 Å². The summed E-state index contributed by atoms with van der Waals surface area (Å²) in [6.07, 6.45) is 5.36. The zero-order chi connectivity index (χ0) is 19.0. The quantitative estimate of drug-likeness (QED) is 0.603. The normalized spacial score (nSPS) is 14.9. The molecule has 0 aliphatic carbocycles. The fourth-order valence-electron chi connectivity index (χ4n) is 3.04. The lowest BCUT2D eigenvalue weighted by Crippen LogP contribution is -2.31. The van der Waals surface area contributed by atoms with Gasteiger partial charge in [0.2, 0.25) is 15.0 Å². The minimum atomic E-state index is -3.38. The van der Waals surface area contributed by atoms with E-state index >= 15 is 0 Å². The Balaban J connectivity index is 1.45. The van der Waals surface area contributed by atoms with Gasteiger partial charge in [0, 0.05) is 50.3 Å². The van der Waals surface area contributed by atoms with Gasteiger partial charge in [-0.05, 0) is 23.8 Å². The summed E-state index contributed by atoms with van der Waals surface area (Å²) in [6, 6.07) is 7.94. The van der Waals surface area contributed by atoms with Crippen LogP contribution in [0.25, 0.3) is 10.6 Å². The van der Waals surface area contributed by atoms with Crippen molar-refractivity contribution in [3.63, 3.8) is 0 Å². The third-order valence-corrected chi connectivity index (χ3v) is 6.49. The summed E-state index contributed by atoms with van der Waals surface area (Å²) in [5.74, 6) is 0. The summed E-state index contributed by atoms with van der Waals surface area (Å²) in [7, 11) is -3.38. The Bertz CT molecular complexity index is 1080. The van der Waals surface area contributed by atoms with E-state index in [4.69, 9.17) is 11.6 Å². The number of thiophene rings is 1. The average Bonchev–Trinajstić information content (AvgIpc) is 3.07. The maximum atomic E-state index is 11.6. The Morgan fingerprint density at radius 2 is 2.04 bits per heavy atom. The molecule has 0 amide bonds. The molecule has 4 rings (SSSR count). The second kappa shape index (κ2) is 7.27. The summed E-state index contributed by atoms with van der Waals surface area (Å²) in [6.45, 7) is 2.28. The standard InChI is InChI=1S/C18H17ClN4O2S2/c1-27(24,25)18-21-9-13-11-23(7-6-14(13)22-18)10-12-2-3-15(20-8-12)16-4-5-17(19)26-16/h2-5,8-9H,6-7,10-11H2,1H3. The lowest BCUT2D eigenvalue weighted by Gasteiger charge is -2.27. The van der Waals surface area contributed by atoms with Gasteiger partial charge in [0.15, 0.2) is 0 Å². The largest absolute Gasteiger partial charge is 0.294 e. The predicted octanol–water partition coefficient (Wildman–Crippen LogP) is 3.22. The Morgan fingerprint density at radius 3 is 2.70 bits per heavy atom. The molecule has 0 fully saturated rings. The highest BCUT2D eigenvalue weighted by atomic mass is 35.5. The molecule has 0 bridgehead atoms. The number of rotatable bonds is 4. The zero-order valence-electron chi connectivity index (χ0n) is 14.6. The molecule has 3 aromatic heterocycles. The minimum absolute atomic E-state index is 0.0943. The number of hydrogen-bond acceptors (Lipinski definition) is 7. The van der Waals surface area contributed by atoms with E-state index in [0.29, 0.717) is 13.0 Å². The van der Waals surface area contributed by atoms with Crippen LogP contribution in [0.1, 0.15) is 16.8 Å². The van der Waals surface area contributed by atoms with Gasteiger partial charge in [0.1, 0.15) is 0 Å². The van der Waals surface area contributed by atoms with Crippen LogP contribution in [0.2, 0.25) is 4.34 Å². The van der Waals surface area contributed by atoms with E-state index in [1.165, 1.54) is 11.3 Å². The van der Waals surface area contributed by atoms with Crippen LogP contribution in [0.4, 0.5) is 0 Å². The molecule has 4 heterocycles. The number of halogens is 1. The van der Waals surface area contributed by atoms with E-state index in [1.54, 1.807) is 6.20 Å². The van der Waals surface area contributed by atoms with Gasteiger partial charge in [0.25, 0.3) is 0 Å². The molecular weight excluding hydrogens is 404 g/mol. The second-order valence-corrected chi connectivity index (χ2v) is 10.1. The van der Waals surface area contributed by atoms with Crippen molar-refractivity contribution < 1.29 is 8.42 Å². The predicted molar refractivity (Wildman–Crippen MR) is 106 cm³/mol. The van der Waals surface area contributed by atoms with Gasteiger partial charge >= 0.3 is 0 Å². The van der Waals surface area contributed by atoms with Crippen LogP contribution < -0.4 is 0 Å². The van der Waals surface area contributed by atoms with E-state index in [9.17, 15) is 8.42 Å². The maximum absolute atomic E-state index is 11.6. The molecule has 6 nitrogen and oxygen atoms in total. The number of aromatic nitrogens is 3. The SMILES string of the molecule is CS(=O)(=O)c1ncc2c(n1)CCN(Cc1ccc(-c3ccc(Cl)s3)nc1)C2. The van der Waals surface area contributed by atoms with Crippen LogP contribution in [-0.2, 0) is 29.3 Å². The number of nitrogens with zero attached hydrogens (tertiary/aromatic N) is 4. The number of sulfone groups is 1. The lowest BCUT2D eigenvalue weighted by molar-refractivity contribution is 0.242. The molecule has 0 spiro atoms. The van der Waals surface area contributed by atoms with Crippen LogP contribution in [0.15, 0.2) is 41.8 Å². The first kappa shape index (κ1) is 18.5. The topological polar surface area (TPSA) is 76.1 Å². The molecule has 0 radical (unpaired) electrons. The fourth-order valence-corrected chi connectivity index (χ4v) is 4.58. The second-order valence-electron chi connectivity index (χ2n) is 6.51. The van der Waals surface area contributed by atoms with E-state index in [-0.39, 0.29) is 5.16 Å². The van der Waals surface area contributed by atoms with Gasteiger partial charge < -0.3 is 0 Å². The van der Waals surface area contributed by atoms with Gasteiger partial charge in [-0.3, -0.25) is 9.88 Å². The van der Waals surface area contributed by atoms with Crippen molar-refractivity contribution >= 4 is 32.8 Å². The van der Waals surface area contributed by atoms with Crippen molar-refractivity contribution in [2.45, 2.75) is 24.7 Å². The molecule has 0 N–H and O–H groups in total. The number of fused-ring (bicyclic) bond motifs is 1. The van der Waals surface area contributed by atoms with Crippen molar-refractivity contribution in [1.82, 2.24) is 19.9 Å². The summed E-state index contributed by atoms with van der Waals surface area (Å²) >= 11 is 7.50. The summed E-state index contributed by atoms with van der Waals surface area (Å²) in [5, 5.41) is -0.0943. The molecular formula is C18H17ClN4O2S2. The maximum Gasteiger partial charge on any atom is 0.246 e. The van der Waals surface area contributed by atoms with Crippen molar-refractivity contribution in [2.75, 3.05) is 12.8 Å². The Hall–Kier alpha value is -1.87. The third kappa shape index (κ3) is 4.19. The lowest BCUT2D eigenvalue weighted by atomic mass is 10.1. The summed E-state index contributed by atoms with van der Waals surface area (Å²) in [4.78, 5) is 16.1. The van der Waals surface area contributed by atoms with E-state index in [1.807, 2.05) is 24.4 Å². The van der Waals surface area contributed by atoms with Crippen molar-refractivity contribution in [2.24, 2.45) is 0 Å². The minimum Gasteiger partial charge on any atom is -0.294 e. The monoisotopic (exact) mass is 420 g/mol. The van der Waals surface area contributed by atoms with E-state index in [2.05, 4.69) is 25.9 Å². The first-order valence-corrected chi connectivity index (χ1v) is 11.4. The molecule has 9 heteroatoms. The Morgan fingerprint density at radius 1 is 1.19 bits per heavy atom. The average molecular weight is 421 g/mol. The summed E-state index contributed by atoms with van der Waals surface area (Å²) < 4.78 is 24.0. The van der Waals surface area contributed by atoms with Crippen molar-refractivity contribution in [3.05, 3.63) is 57.8 Å². The molecule has 0 unspecified atom stereocenters. The molecule has 1 aliphatic heterocycles. The highest BCUT2D eigenvalue weighted by Gasteiger charge is 2.21. The molecule has 3 aromatic rings. The van der Waals surface area contributed by atoms with Crippen molar-refractivity contribution in [3.8, 4) is 10.6 Å². The van der Waals surface area contributed by atoms with Gasteiger partial charge in [-0.25, -0.2) is 18.4 Å².